The van der Waals surface area contributed by atoms with Crippen LogP contribution in [0.5, 0.6) is 0 Å². The fourth-order valence-corrected chi connectivity index (χ4v) is 3.99. The monoisotopic (exact) mass is 428 g/mol. The van der Waals surface area contributed by atoms with E-state index in [1.807, 2.05) is 0 Å². The van der Waals surface area contributed by atoms with Gasteiger partial charge in [-0.15, -0.1) is 0 Å². The molecule has 0 aromatic heterocycles. The van der Waals surface area contributed by atoms with Gasteiger partial charge in [0.05, 0.1) is 30.2 Å². The van der Waals surface area contributed by atoms with Crippen LogP contribution in [0.1, 0.15) is 20.7 Å². The summed E-state index contributed by atoms with van der Waals surface area (Å²) in [6.45, 7) is 0. The Kier molecular flexibility index (Phi) is 6.07. The van der Waals surface area contributed by atoms with Gasteiger partial charge in [0.2, 0.25) is 10.0 Å². The number of esters is 2. The van der Waals surface area contributed by atoms with E-state index in [1.54, 1.807) is 0 Å². The summed E-state index contributed by atoms with van der Waals surface area (Å²) in [5.41, 5.74) is -0.393. The Morgan fingerprint density at radius 1 is 0.893 bits per heavy atom. The third-order valence-corrected chi connectivity index (χ3v) is 5.88. The molecule has 10 nitrogen and oxygen atoms in total. The van der Waals surface area contributed by atoms with E-state index in [-0.39, 0.29) is 21.7 Å². The van der Waals surface area contributed by atoms with Gasteiger partial charge in [-0.05, 0) is 42.5 Å². The molecular formula is C16H16N2O8S2. The van der Waals surface area contributed by atoms with Crippen LogP contribution >= 0.6 is 0 Å². The van der Waals surface area contributed by atoms with Crippen molar-refractivity contribution in [2.45, 2.75) is 9.79 Å². The first kappa shape index (κ1) is 21.3. The van der Waals surface area contributed by atoms with Crippen LogP contribution in [0.15, 0.2) is 52.3 Å². The van der Waals surface area contributed by atoms with Gasteiger partial charge in [-0.2, -0.15) is 0 Å². The molecule has 2 aromatic carbocycles. The van der Waals surface area contributed by atoms with Crippen molar-refractivity contribution in [3.05, 3.63) is 53.6 Å². The molecule has 0 amide bonds. The predicted molar refractivity (Wildman–Crippen MR) is 97.7 cm³/mol. The lowest BCUT2D eigenvalue weighted by Crippen LogP contribution is -2.19. The molecule has 0 atom stereocenters. The molecule has 150 valence electrons. The molecule has 0 saturated heterocycles. The second-order valence-corrected chi connectivity index (χ2v) is 8.58. The molecule has 2 rings (SSSR count). The normalized spacial score (nSPS) is 11.5. The number of rotatable bonds is 6. The van der Waals surface area contributed by atoms with E-state index in [4.69, 9.17) is 5.14 Å². The molecule has 0 aliphatic carbocycles. The standard InChI is InChI=1S/C16H16N2O8S2/c1-25-15(19)10-3-8-13(16(20)26-2)14(9-10)28(23,24)18-11-4-6-12(7-5-11)27(17,21)22/h3-9,18H,1-2H3,(H2,17,21,22). The number of hydrogen-bond donors (Lipinski definition) is 2. The van der Waals surface area contributed by atoms with Gasteiger partial charge >= 0.3 is 11.9 Å². The van der Waals surface area contributed by atoms with E-state index in [0.29, 0.717) is 0 Å². The van der Waals surface area contributed by atoms with Crippen LogP contribution in [-0.4, -0.2) is 43.0 Å². The molecule has 28 heavy (non-hydrogen) atoms. The zero-order valence-corrected chi connectivity index (χ0v) is 16.3. The number of nitrogens with two attached hydrogens (primary N) is 1. The number of ether oxygens (including phenoxy) is 2. The van der Waals surface area contributed by atoms with E-state index in [2.05, 4.69) is 14.2 Å². The SMILES string of the molecule is COC(=O)c1ccc(C(=O)OC)c(S(=O)(=O)Nc2ccc(S(N)(=O)=O)cc2)c1. The first-order valence-corrected chi connectivity index (χ1v) is 10.5. The fourth-order valence-electron chi connectivity index (χ4n) is 2.19. The molecule has 0 aliphatic rings. The number of carbonyl (C=O) groups is 2. The first-order valence-electron chi connectivity index (χ1n) is 7.46. The van der Waals surface area contributed by atoms with Crippen molar-refractivity contribution in [1.29, 1.82) is 0 Å². The summed E-state index contributed by atoms with van der Waals surface area (Å²) >= 11 is 0. The zero-order valence-electron chi connectivity index (χ0n) is 14.7. The van der Waals surface area contributed by atoms with Gasteiger partial charge in [-0.1, -0.05) is 0 Å². The second-order valence-electron chi connectivity index (χ2n) is 5.37. The van der Waals surface area contributed by atoms with Gasteiger partial charge in [-0.25, -0.2) is 31.6 Å². The maximum atomic E-state index is 12.8. The maximum absolute atomic E-state index is 12.8. The maximum Gasteiger partial charge on any atom is 0.339 e. The summed E-state index contributed by atoms with van der Waals surface area (Å²) in [5, 5.41) is 4.99. The minimum atomic E-state index is -4.35. The number of hydrogen-bond acceptors (Lipinski definition) is 8. The van der Waals surface area contributed by atoms with Crippen molar-refractivity contribution in [3.8, 4) is 0 Å². The molecule has 0 aliphatic heterocycles. The summed E-state index contributed by atoms with van der Waals surface area (Å²) in [5.74, 6) is -1.73. The van der Waals surface area contributed by atoms with Crippen LogP contribution in [0.25, 0.3) is 0 Å². The lowest BCUT2D eigenvalue weighted by molar-refractivity contribution is 0.0583. The Hall–Kier alpha value is -2.96. The van der Waals surface area contributed by atoms with Crippen LogP contribution in [0.3, 0.4) is 0 Å². The largest absolute Gasteiger partial charge is 0.465 e. The highest BCUT2D eigenvalue weighted by atomic mass is 32.2. The Bertz CT molecular complexity index is 1120. The molecule has 0 unspecified atom stereocenters. The van der Waals surface area contributed by atoms with Gasteiger partial charge < -0.3 is 9.47 Å². The molecule has 0 heterocycles. The smallest absolute Gasteiger partial charge is 0.339 e. The van der Waals surface area contributed by atoms with Crippen molar-refractivity contribution in [2.75, 3.05) is 18.9 Å². The number of anilines is 1. The molecule has 0 fully saturated rings. The van der Waals surface area contributed by atoms with Gasteiger partial charge in [0, 0.05) is 5.69 Å². The number of carbonyl (C=O) groups excluding carboxylic acids is 2. The fraction of sp³-hybridized carbons (Fsp3) is 0.125. The highest BCUT2D eigenvalue weighted by Crippen LogP contribution is 2.23. The number of methoxy groups -OCH3 is 2. The molecule has 3 N–H and O–H groups in total. The summed E-state index contributed by atoms with van der Waals surface area (Å²) in [7, 11) is -6.10. The lowest BCUT2D eigenvalue weighted by Gasteiger charge is -2.13. The third-order valence-electron chi connectivity index (χ3n) is 3.53. The number of sulfonamides is 2. The third kappa shape index (κ3) is 4.65. The average Bonchev–Trinajstić information content (AvgIpc) is 2.65. The van der Waals surface area contributed by atoms with Gasteiger partial charge in [0.15, 0.2) is 0 Å². The zero-order chi connectivity index (χ0) is 21.1. The molecule has 2 aromatic rings. The Balaban J connectivity index is 2.51. The number of benzene rings is 2. The van der Waals surface area contributed by atoms with E-state index >= 15 is 0 Å². The van der Waals surface area contributed by atoms with Crippen molar-refractivity contribution in [1.82, 2.24) is 0 Å². The highest BCUT2D eigenvalue weighted by molar-refractivity contribution is 7.92. The van der Waals surface area contributed by atoms with Gasteiger partial charge in [0.25, 0.3) is 10.0 Å². The molecule has 12 heteroatoms. The Morgan fingerprint density at radius 2 is 1.46 bits per heavy atom. The van der Waals surface area contributed by atoms with E-state index in [0.717, 1.165) is 38.5 Å². The van der Waals surface area contributed by atoms with Crippen molar-refractivity contribution < 1.29 is 35.9 Å². The highest BCUT2D eigenvalue weighted by Gasteiger charge is 2.25. The molecule has 0 saturated carbocycles. The summed E-state index contributed by atoms with van der Waals surface area (Å²) < 4.78 is 59.4. The summed E-state index contributed by atoms with van der Waals surface area (Å²) in [4.78, 5) is 22.9. The molecule has 0 spiro atoms. The predicted octanol–water partition coefficient (Wildman–Crippen LogP) is 0.708. The van der Waals surface area contributed by atoms with Crippen LogP contribution in [0.2, 0.25) is 0 Å². The minimum absolute atomic E-state index is 0.00619. The molecular weight excluding hydrogens is 412 g/mol. The van der Waals surface area contributed by atoms with Crippen molar-refractivity contribution in [2.24, 2.45) is 5.14 Å². The summed E-state index contributed by atoms with van der Waals surface area (Å²) in [6.07, 6.45) is 0. The van der Waals surface area contributed by atoms with E-state index in [9.17, 15) is 26.4 Å². The van der Waals surface area contributed by atoms with Crippen molar-refractivity contribution >= 4 is 37.7 Å². The van der Waals surface area contributed by atoms with Gasteiger partial charge in [-0.3, -0.25) is 4.72 Å². The summed E-state index contributed by atoms with van der Waals surface area (Å²) in [6, 6.07) is 7.89. The molecule has 0 radical (unpaired) electrons. The van der Waals surface area contributed by atoms with Crippen molar-refractivity contribution in [3.63, 3.8) is 0 Å². The number of primary sulfonamides is 1. The van der Waals surface area contributed by atoms with Crippen LogP contribution in [-0.2, 0) is 29.5 Å². The quantitative estimate of drug-likeness (QED) is 0.636. The average molecular weight is 428 g/mol. The molecule has 0 bridgehead atoms. The van der Waals surface area contributed by atoms with E-state index < -0.39 is 36.9 Å². The lowest BCUT2D eigenvalue weighted by atomic mass is 10.1. The van der Waals surface area contributed by atoms with E-state index in [1.165, 1.54) is 18.2 Å². The Morgan fingerprint density at radius 3 is 1.96 bits per heavy atom. The topological polar surface area (TPSA) is 159 Å². The second kappa shape index (κ2) is 7.96. The first-order chi connectivity index (χ1) is 13.0. The van der Waals surface area contributed by atoms with Gasteiger partial charge in [0.1, 0.15) is 4.90 Å². The minimum Gasteiger partial charge on any atom is -0.465 e. The Labute approximate surface area is 161 Å². The van der Waals surface area contributed by atoms with Crippen LogP contribution in [0, 0.1) is 0 Å². The van der Waals surface area contributed by atoms with Crippen LogP contribution < -0.4 is 9.86 Å². The van der Waals surface area contributed by atoms with Crippen LogP contribution in [0.4, 0.5) is 5.69 Å². The number of nitrogens with one attached hydrogen (secondary N) is 1.